The summed E-state index contributed by atoms with van der Waals surface area (Å²) in [5, 5.41) is 21.3. The highest BCUT2D eigenvalue weighted by molar-refractivity contribution is 6.30. The normalized spacial score (nSPS) is 18.2. The molecule has 1 unspecified atom stereocenters. The Bertz CT molecular complexity index is 1060. The molecule has 0 spiro atoms. The molecule has 1 aliphatic rings. The molecule has 6 heteroatoms. The second-order valence-electron chi connectivity index (χ2n) is 6.62. The molecule has 1 heterocycles. The predicted molar refractivity (Wildman–Crippen MR) is 104 cm³/mol. The molecular formula is C22H16ClNO4. The van der Waals surface area contributed by atoms with E-state index in [0.29, 0.717) is 27.3 Å². The minimum absolute atomic E-state index is 0.118. The fraction of sp³-hybridized carbons (Fsp3) is 0.0909. The number of hydrogen-bond donors (Lipinski definition) is 2. The van der Waals surface area contributed by atoms with E-state index in [2.05, 4.69) is 0 Å². The van der Waals surface area contributed by atoms with Crippen LogP contribution in [0.2, 0.25) is 5.02 Å². The minimum Gasteiger partial charge on any atom is -0.478 e. The molecule has 2 N–H and O–H groups in total. The van der Waals surface area contributed by atoms with Crippen molar-refractivity contribution in [3.8, 4) is 0 Å². The lowest BCUT2D eigenvalue weighted by atomic mass is 9.93. The van der Waals surface area contributed by atoms with Crippen molar-refractivity contribution in [3.05, 3.63) is 106 Å². The summed E-state index contributed by atoms with van der Waals surface area (Å²) in [7, 11) is 0. The van der Waals surface area contributed by atoms with Crippen LogP contribution < -0.4 is 0 Å². The summed E-state index contributed by atoms with van der Waals surface area (Å²) in [5.74, 6) is -1.32. The molecule has 1 aliphatic heterocycles. The van der Waals surface area contributed by atoms with Crippen molar-refractivity contribution in [2.45, 2.75) is 12.3 Å². The van der Waals surface area contributed by atoms with Gasteiger partial charge in [-0.2, -0.15) is 0 Å². The number of hydrogen-bond acceptors (Lipinski definition) is 3. The highest BCUT2D eigenvalue weighted by atomic mass is 35.5. The molecule has 0 bridgehead atoms. The Hall–Kier alpha value is -3.15. The van der Waals surface area contributed by atoms with Crippen LogP contribution in [-0.4, -0.2) is 27.0 Å². The summed E-state index contributed by atoms with van der Waals surface area (Å²) >= 11 is 5.99. The topological polar surface area (TPSA) is 77.8 Å². The first-order valence-corrected chi connectivity index (χ1v) is 9.01. The zero-order valence-corrected chi connectivity index (χ0v) is 15.4. The summed E-state index contributed by atoms with van der Waals surface area (Å²) in [6.45, 7) is 0.118. The first-order valence-electron chi connectivity index (χ1n) is 8.63. The highest BCUT2D eigenvalue weighted by Crippen LogP contribution is 2.43. The van der Waals surface area contributed by atoms with Gasteiger partial charge in [0, 0.05) is 28.3 Å². The number of rotatable bonds is 4. The Morgan fingerprint density at radius 2 is 1.61 bits per heavy atom. The number of carbonyl (C=O) groups is 2. The Labute approximate surface area is 166 Å². The number of aliphatic hydroxyl groups is 1. The lowest BCUT2D eigenvalue weighted by Crippen LogP contribution is -2.44. The molecule has 3 aromatic carbocycles. The average molecular weight is 394 g/mol. The van der Waals surface area contributed by atoms with Gasteiger partial charge in [-0.05, 0) is 35.9 Å². The third-order valence-electron chi connectivity index (χ3n) is 4.96. The molecule has 0 saturated carbocycles. The molecule has 0 aromatic heterocycles. The second kappa shape index (κ2) is 6.78. The van der Waals surface area contributed by atoms with E-state index < -0.39 is 11.7 Å². The largest absolute Gasteiger partial charge is 0.478 e. The fourth-order valence-corrected chi connectivity index (χ4v) is 3.65. The zero-order chi connectivity index (χ0) is 19.9. The van der Waals surface area contributed by atoms with E-state index in [4.69, 9.17) is 16.7 Å². The summed E-state index contributed by atoms with van der Waals surface area (Å²) in [6.07, 6.45) is 0. The van der Waals surface area contributed by atoms with Gasteiger partial charge in [0.1, 0.15) is 0 Å². The maximum atomic E-state index is 13.1. The Morgan fingerprint density at radius 3 is 2.25 bits per heavy atom. The van der Waals surface area contributed by atoms with Crippen molar-refractivity contribution in [2.75, 3.05) is 0 Å². The summed E-state index contributed by atoms with van der Waals surface area (Å²) in [5.41, 5.74) is 0.680. The van der Waals surface area contributed by atoms with Gasteiger partial charge >= 0.3 is 5.97 Å². The Kier molecular flexibility index (Phi) is 4.41. The summed E-state index contributed by atoms with van der Waals surface area (Å²) < 4.78 is 0. The van der Waals surface area contributed by atoms with Crippen LogP contribution in [0.1, 0.15) is 37.4 Å². The molecule has 4 rings (SSSR count). The number of carbonyl (C=O) groups excluding carboxylic acids is 1. The maximum absolute atomic E-state index is 13.1. The number of nitrogens with zero attached hydrogens (tertiary/aromatic N) is 1. The van der Waals surface area contributed by atoms with Crippen LogP contribution in [0.3, 0.4) is 0 Å². The van der Waals surface area contributed by atoms with E-state index in [1.165, 1.54) is 17.0 Å². The minimum atomic E-state index is -1.65. The van der Waals surface area contributed by atoms with Crippen LogP contribution in [0.15, 0.2) is 72.8 Å². The van der Waals surface area contributed by atoms with E-state index >= 15 is 0 Å². The molecule has 28 heavy (non-hydrogen) atoms. The van der Waals surface area contributed by atoms with Crippen molar-refractivity contribution < 1.29 is 19.8 Å². The van der Waals surface area contributed by atoms with Crippen molar-refractivity contribution in [1.82, 2.24) is 4.90 Å². The van der Waals surface area contributed by atoms with Gasteiger partial charge in [-0.3, -0.25) is 9.69 Å². The van der Waals surface area contributed by atoms with E-state index in [9.17, 15) is 14.7 Å². The van der Waals surface area contributed by atoms with Crippen LogP contribution in [-0.2, 0) is 12.3 Å². The van der Waals surface area contributed by atoms with Gasteiger partial charge in [0.05, 0.1) is 5.56 Å². The quantitative estimate of drug-likeness (QED) is 0.705. The zero-order valence-electron chi connectivity index (χ0n) is 14.7. The lowest BCUT2D eigenvalue weighted by molar-refractivity contribution is -0.0543. The number of benzene rings is 3. The van der Waals surface area contributed by atoms with Crippen LogP contribution in [0.5, 0.6) is 0 Å². The van der Waals surface area contributed by atoms with E-state index in [0.717, 1.165) is 0 Å². The van der Waals surface area contributed by atoms with Crippen LogP contribution in [0.25, 0.3) is 0 Å². The number of carboxylic acids is 1. The third-order valence-corrected chi connectivity index (χ3v) is 5.21. The molecule has 0 saturated heterocycles. The van der Waals surface area contributed by atoms with Gasteiger partial charge in [-0.15, -0.1) is 0 Å². The number of carboxylic acid groups (broad SMARTS) is 1. The summed E-state index contributed by atoms with van der Waals surface area (Å²) in [6, 6.07) is 19.9. The monoisotopic (exact) mass is 393 g/mol. The number of fused-ring (bicyclic) bond motifs is 1. The van der Waals surface area contributed by atoms with E-state index in [1.807, 2.05) is 0 Å². The van der Waals surface area contributed by atoms with E-state index in [-0.39, 0.29) is 18.0 Å². The van der Waals surface area contributed by atoms with E-state index in [1.54, 1.807) is 60.7 Å². The van der Waals surface area contributed by atoms with Crippen LogP contribution in [0, 0.1) is 0 Å². The van der Waals surface area contributed by atoms with Crippen molar-refractivity contribution in [3.63, 3.8) is 0 Å². The van der Waals surface area contributed by atoms with Gasteiger partial charge < -0.3 is 10.2 Å². The van der Waals surface area contributed by atoms with Gasteiger partial charge in [-0.25, -0.2) is 4.79 Å². The molecule has 0 aliphatic carbocycles. The van der Waals surface area contributed by atoms with Gasteiger partial charge in [0.15, 0.2) is 5.72 Å². The van der Waals surface area contributed by atoms with Gasteiger partial charge in [0.25, 0.3) is 5.91 Å². The number of amides is 1. The first kappa shape index (κ1) is 18.2. The molecule has 1 amide bonds. The maximum Gasteiger partial charge on any atom is 0.335 e. The third kappa shape index (κ3) is 2.85. The Balaban J connectivity index is 1.79. The highest BCUT2D eigenvalue weighted by Gasteiger charge is 2.49. The van der Waals surface area contributed by atoms with Crippen LogP contribution in [0.4, 0.5) is 0 Å². The molecule has 3 aromatic rings. The van der Waals surface area contributed by atoms with Gasteiger partial charge in [-0.1, -0.05) is 54.1 Å². The molecule has 5 nitrogen and oxygen atoms in total. The SMILES string of the molecule is O=C(O)c1ccc(CN2C(=O)c3ccccc3C2(O)c2ccc(Cl)cc2)cc1. The van der Waals surface area contributed by atoms with Crippen LogP contribution >= 0.6 is 11.6 Å². The van der Waals surface area contributed by atoms with Crippen molar-refractivity contribution >= 4 is 23.5 Å². The van der Waals surface area contributed by atoms with Crippen molar-refractivity contribution in [1.29, 1.82) is 0 Å². The molecule has 1 atom stereocenters. The predicted octanol–water partition coefficient (Wildman–Crippen LogP) is 3.89. The second-order valence-corrected chi connectivity index (χ2v) is 7.05. The first-order chi connectivity index (χ1) is 13.4. The fourth-order valence-electron chi connectivity index (χ4n) is 3.53. The molecule has 140 valence electrons. The van der Waals surface area contributed by atoms with Gasteiger partial charge in [0.2, 0.25) is 0 Å². The Morgan fingerprint density at radius 1 is 0.964 bits per heavy atom. The number of halogens is 1. The molecular weight excluding hydrogens is 378 g/mol. The smallest absolute Gasteiger partial charge is 0.335 e. The summed E-state index contributed by atoms with van der Waals surface area (Å²) in [4.78, 5) is 25.5. The average Bonchev–Trinajstić information content (AvgIpc) is 2.92. The number of aromatic carboxylic acids is 1. The standard InChI is InChI=1S/C22H16ClNO4/c23-17-11-9-16(10-12-17)22(28)19-4-2-1-3-18(19)20(25)24(22)13-14-5-7-15(8-6-14)21(26)27/h1-12,28H,13H2,(H,26,27). The lowest BCUT2D eigenvalue weighted by Gasteiger charge is -2.35. The van der Waals surface area contributed by atoms with Crippen molar-refractivity contribution in [2.24, 2.45) is 0 Å². The molecule has 0 fully saturated rings. The molecule has 0 radical (unpaired) electrons.